The van der Waals surface area contributed by atoms with E-state index in [0.717, 1.165) is 5.56 Å². The minimum Gasteiger partial charge on any atom is -0.478 e. The molecule has 0 aliphatic carbocycles. The van der Waals surface area contributed by atoms with E-state index in [1.807, 2.05) is 44.2 Å². The van der Waals surface area contributed by atoms with Gasteiger partial charge in [-0.15, -0.1) is 0 Å². The zero-order valence-electron chi connectivity index (χ0n) is 22.8. The van der Waals surface area contributed by atoms with Gasteiger partial charge in [0.05, 0.1) is 24.3 Å². The largest absolute Gasteiger partial charge is 0.478 e. The van der Waals surface area contributed by atoms with E-state index in [9.17, 15) is 24.3 Å². The lowest BCUT2D eigenvalue weighted by atomic mass is 10.1. The number of carbonyl (C=O) groups is 4. The van der Waals surface area contributed by atoms with Gasteiger partial charge in [0.1, 0.15) is 6.10 Å². The number of rotatable bonds is 15. The van der Waals surface area contributed by atoms with Gasteiger partial charge in [0.25, 0.3) is 0 Å². The molecule has 0 fully saturated rings. The lowest BCUT2D eigenvalue weighted by Gasteiger charge is -2.26. The first-order chi connectivity index (χ1) is 19.7. The van der Waals surface area contributed by atoms with E-state index in [4.69, 9.17) is 18.9 Å². The summed E-state index contributed by atoms with van der Waals surface area (Å²) in [5.41, 5.74) is 1.02. The Morgan fingerprint density at radius 1 is 0.707 bits per heavy atom. The fourth-order valence-corrected chi connectivity index (χ4v) is 3.61. The number of benzene rings is 3. The molecule has 3 rings (SSSR count). The van der Waals surface area contributed by atoms with E-state index < -0.39 is 42.2 Å². The van der Waals surface area contributed by atoms with Gasteiger partial charge in [0.15, 0.2) is 0 Å². The first-order valence-corrected chi connectivity index (χ1v) is 13.0. The first-order valence-electron chi connectivity index (χ1n) is 13.0. The average molecular weight is 564 g/mol. The van der Waals surface area contributed by atoms with Crippen LogP contribution in [0.15, 0.2) is 91.0 Å². The Morgan fingerprint density at radius 3 is 1.68 bits per heavy atom. The second-order valence-corrected chi connectivity index (χ2v) is 9.34. The van der Waals surface area contributed by atoms with Crippen molar-refractivity contribution in [2.75, 3.05) is 13.2 Å². The molecule has 0 saturated carbocycles. The molecule has 10 heteroatoms. The molecule has 41 heavy (non-hydrogen) atoms. The summed E-state index contributed by atoms with van der Waals surface area (Å²) in [5.74, 6) is -4.92. The van der Waals surface area contributed by atoms with E-state index in [2.05, 4.69) is 5.32 Å². The maximum Gasteiger partial charge on any atom is 0.352 e. The van der Waals surface area contributed by atoms with Crippen molar-refractivity contribution in [2.45, 2.75) is 44.8 Å². The molecule has 0 radical (unpaired) electrons. The molecular weight excluding hydrogens is 530 g/mol. The Hall–Kier alpha value is -4.54. The zero-order valence-corrected chi connectivity index (χ0v) is 22.8. The highest BCUT2D eigenvalue weighted by atomic mass is 16.6. The normalized spacial score (nSPS) is 13.0. The van der Waals surface area contributed by atoms with Gasteiger partial charge in [0.2, 0.25) is 12.2 Å². The third-order valence-corrected chi connectivity index (χ3v) is 5.69. The van der Waals surface area contributed by atoms with Gasteiger partial charge in [-0.2, -0.15) is 0 Å². The number of hydrogen-bond donors (Lipinski definition) is 2. The molecule has 0 spiro atoms. The van der Waals surface area contributed by atoms with E-state index in [1.165, 1.54) is 24.3 Å². The van der Waals surface area contributed by atoms with Crippen LogP contribution in [0.3, 0.4) is 0 Å². The number of esters is 3. The molecule has 216 valence electrons. The van der Waals surface area contributed by atoms with Crippen molar-refractivity contribution in [3.05, 3.63) is 108 Å². The van der Waals surface area contributed by atoms with Crippen LogP contribution >= 0.6 is 0 Å². The van der Waals surface area contributed by atoms with Crippen molar-refractivity contribution in [1.29, 1.82) is 0 Å². The fourth-order valence-electron chi connectivity index (χ4n) is 3.61. The molecule has 3 aromatic rings. The summed E-state index contributed by atoms with van der Waals surface area (Å²) in [6.45, 7) is 4.17. The quantitative estimate of drug-likeness (QED) is 0.208. The predicted molar refractivity (Wildman–Crippen MR) is 148 cm³/mol. The maximum absolute atomic E-state index is 13.4. The van der Waals surface area contributed by atoms with Crippen LogP contribution in [0.1, 0.15) is 40.1 Å². The summed E-state index contributed by atoms with van der Waals surface area (Å²) < 4.78 is 21.8. The molecule has 0 amide bonds. The summed E-state index contributed by atoms with van der Waals surface area (Å²) in [7, 11) is 0. The highest BCUT2D eigenvalue weighted by molar-refractivity contribution is 5.95. The van der Waals surface area contributed by atoms with Gasteiger partial charge in [-0.1, -0.05) is 80.6 Å². The Balaban J connectivity index is 1.82. The SMILES string of the molecule is CC(C)NC[C@H](COCc1ccccc1)OC(=O)C(OC(=O)c1ccccc1)C(OC(=O)c1ccccc1)C(=O)O. The van der Waals surface area contributed by atoms with Crippen LogP contribution in [0, 0.1) is 0 Å². The number of carboxylic acids is 1. The lowest BCUT2D eigenvalue weighted by molar-refractivity contribution is -0.176. The van der Waals surface area contributed by atoms with Crippen LogP contribution in [0.25, 0.3) is 0 Å². The monoisotopic (exact) mass is 563 g/mol. The number of hydrogen-bond acceptors (Lipinski definition) is 9. The molecule has 3 atom stereocenters. The van der Waals surface area contributed by atoms with Crippen LogP contribution in [-0.2, 0) is 35.1 Å². The first kappa shape index (κ1) is 31.0. The Bertz CT molecular complexity index is 1270. The van der Waals surface area contributed by atoms with Crippen LogP contribution < -0.4 is 5.32 Å². The van der Waals surface area contributed by atoms with Crippen molar-refractivity contribution in [1.82, 2.24) is 5.32 Å². The highest BCUT2D eigenvalue weighted by Gasteiger charge is 2.43. The molecule has 10 nitrogen and oxygen atoms in total. The van der Waals surface area contributed by atoms with Gasteiger partial charge < -0.3 is 29.4 Å². The molecule has 2 N–H and O–H groups in total. The molecule has 0 heterocycles. The predicted octanol–water partition coefficient (Wildman–Crippen LogP) is 3.65. The molecule has 0 aliphatic heterocycles. The lowest BCUT2D eigenvalue weighted by Crippen LogP contribution is -2.49. The van der Waals surface area contributed by atoms with Gasteiger partial charge in [0, 0.05) is 12.6 Å². The second-order valence-electron chi connectivity index (χ2n) is 9.34. The summed E-state index contributed by atoms with van der Waals surface area (Å²) in [4.78, 5) is 51.3. The fraction of sp³-hybridized carbons (Fsp3) is 0.290. The molecule has 0 bridgehead atoms. The third-order valence-electron chi connectivity index (χ3n) is 5.69. The van der Waals surface area contributed by atoms with Crippen molar-refractivity contribution in [2.24, 2.45) is 0 Å². The van der Waals surface area contributed by atoms with Gasteiger partial charge in [-0.25, -0.2) is 19.2 Å². The molecule has 0 aliphatic rings. The van der Waals surface area contributed by atoms with Crippen molar-refractivity contribution in [3.8, 4) is 0 Å². The molecule has 0 saturated heterocycles. The van der Waals surface area contributed by atoms with Crippen LogP contribution in [0.2, 0.25) is 0 Å². The standard InChI is InChI=1S/C31H33NO9/c1-21(2)32-18-25(20-38-19-22-12-6-3-7-13-22)39-31(37)27(41-30(36)24-16-10-5-11-17-24)26(28(33)34)40-29(35)23-14-8-4-9-15-23/h3-17,21,25-27,32H,18-20H2,1-2H3,(H,33,34)/t25-,26?,27?/m1/s1. The smallest absolute Gasteiger partial charge is 0.352 e. The van der Waals surface area contributed by atoms with Crippen LogP contribution in [0.5, 0.6) is 0 Å². The van der Waals surface area contributed by atoms with E-state index in [1.54, 1.807) is 36.4 Å². The van der Waals surface area contributed by atoms with Crippen LogP contribution in [0.4, 0.5) is 0 Å². The molecule has 0 aromatic heterocycles. The number of aliphatic carboxylic acids is 1. The third kappa shape index (κ3) is 10.2. The van der Waals surface area contributed by atoms with E-state index in [-0.39, 0.29) is 36.9 Å². The second kappa shape index (κ2) is 15.9. The van der Waals surface area contributed by atoms with E-state index >= 15 is 0 Å². The minimum absolute atomic E-state index is 0.0376. The number of carboxylic acid groups (broad SMARTS) is 1. The minimum atomic E-state index is -2.19. The molecule has 2 unspecified atom stereocenters. The van der Waals surface area contributed by atoms with Gasteiger partial charge >= 0.3 is 23.9 Å². The van der Waals surface area contributed by atoms with E-state index in [0.29, 0.717) is 0 Å². The van der Waals surface area contributed by atoms with Gasteiger partial charge in [-0.05, 0) is 29.8 Å². The van der Waals surface area contributed by atoms with Crippen LogP contribution in [-0.4, -0.2) is 66.5 Å². The molecular formula is C31H33NO9. The van der Waals surface area contributed by atoms with Gasteiger partial charge in [-0.3, -0.25) is 0 Å². The van der Waals surface area contributed by atoms with Crippen molar-refractivity contribution < 1.29 is 43.2 Å². The summed E-state index contributed by atoms with van der Waals surface area (Å²) in [6.07, 6.45) is -5.18. The van der Waals surface area contributed by atoms with Crippen molar-refractivity contribution >= 4 is 23.9 Å². The number of nitrogens with one attached hydrogen (secondary N) is 1. The highest BCUT2D eigenvalue weighted by Crippen LogP contribution is 2.16. The molecule has 3 aromatic carbocycles. The Kier molecular flexibility index (Phi) is 12.0. The number of carbonyl (C=O) groups excluding carboxylic acids is 3. The summed E-state index contributed by atoms with van der Waals surface area (Å²) in [5, 5.41) is 13.1. The number of ether oxygens (including phenoxy) is 4. The summed E-state index contributed by atoms with van der Waals surface area (Å²) >= 11 is 0. The average Bonchev–Trinajstić information content (AvgIpc) is 2.98. The Labute approximate surface area is 238 Å². The van der Waals surface area contributed by atoms with Crippen molar-refractivity contribution in [3.63, 3.8) is 0 Å². The Morgan fingerprint density at radius 2 is 1.20 bits per heavy atom. The summed E-state index contributed by atoms with van der Waals surface area (Å²) in [6, 6.07) is 24.7. The zero-order chi connectivity index (χ0) is 29.6. The maximum atomic E-state index is 13.4. The topological polar surface area (TPSA) is 137 Å².